The van der Waals surface area contributed by atoms with E-state index in [-0.39, 0.29) is 0 Å². The van der Waals surface area contributed by atoms with E-state index in [0.29, 0.717) is 0 Å². The van der Waals surface area contributed by atoms with E-state index in [0.717, 1.165) is 10.2 Å². The molecule has 0 aliphatic heterocycles. The van der Waals surface area contributed by atoms with E-state index >= 15 is 0 Å². The van der Waals surface area contributed by atoms with Gasteiger partial charge in [-0.3, -0.25) is 4.98 Å². The maximum absolute atomic E-state index is 4.18. The van der Waals surface area contributed by atoms with Crippen LogP contribution in [0.1, 0.15) is 0 Å². The molecule has 0 amide bonds. The molecule has 0 N–H and O–H groups in total. The molecule has 0 bridgehead atoms. The van der Waals surface area contributed by atoms with Crippen LogP contribution in [-0.2, 0) is 0 Å². The zero-order chi connectivity index (χ0) is 11.0. The molecule has 0 aliphatic carbocycles. The lowest BCUT2D eigenvalue weighted by Gasteiger charge is -2.04. The van der Waals surface area contributed by atoms with Crippen LogP contribution in [0.25, 0.3) is 16.6 Å². The summed E-state index contributed by atoms with van der Waals surface area (Å²) in [7, 11) is 0. The van der Waals surface area contributed by atoms with Gasteiger partial charge in [0.2, 0.25) is 0 Å². The number of fused-ring (bicyclic) bond motifs is 1. The predicted molar refractivity (Wildman–Crippen MR) is 68.8 cm³/mol. The monoisotopic (exact) mass is 272 g/mol. The highest BCUT2D eigenvalue weighted by atomic mass is 79.9. The molecule has 0 radical (unpaired) electrons. The second-order valence-electron chi connectivity index (χ2n) is 3.61. The summed E-state index contributed by atoms with van der Waals surface area (Å²) in [6.07, 6.45) is 5.71. The number of aromatic nitrogens is 2. The van der Waals surface area contributed by atoms with Crippen molar-refractivity contribution in [2.45, 2.75) is 0 Å². The van der Waals surface area contributed by atoms with Gasteiger partial charge in [-0.1, -0.05) is 18.2 Å². The third kappa shape index (κ3) is 1.53. The Kier molecular flexibility index (Phi) is 2.26. The van der Waals surface area contributed by atoms with E-state index < -0.39 is 0 Å². The predicted octanol–water partition coefficient (Wildman–Crippen LogP) is 3.79. The topological polar surface area (TPSA) is 17.8 Å². The van der Waals surface area contributed by atoms with Crippen molar-refractivity contribution in [3.8, 4) is 5.69 Å². The largest absolute Gasteiger partial charge is 0.315 e. The number of pyridine rings is 1. The zero-order valence-corrected chi connectivity index (χ0v) is 10.1. The number of hydrogen-bond acceptors (Lipinski definition) is 1. The Hall–Kier alpha value is -1.61. The van der Waals surface area contributed by atoms with Crippen LogP contribution in [0.3, 0.4) is 0 Å². The zero-order valence-electron chi connectivity index (χ0n) is 8.47. The maximum atomic E-state index is 4.18. The standard InChI is InChI=1S/C13H9BrN2/c14-11-7-12(9-15-8-11)16-6-5-10-3-1-2-4-13(10)16/h1-9H. The highest BCUT2D eigenvalue weighted by molar-refractivity contribution is 9.10. The van der Waals surface area contributed by atoms with Gasteiger partial charge >= 0.3 is 0 Å². The van der Waals surface area contributed by atoms with Crippen LogP contribution < -0.4 is 0 Å². The first kappa shape index (κ1) is 9.60. The average Bonchev–Trinajstić information content (AvgIpc) is 2.72. The normalized spacial score (nSPS) is 10.8. The fraction of sp³-hybridized carbons (Fsp3) is 0. The summed E-state index contributed by atoms with van der Waals surface area (Å²) in [5, 5.41) is 1.24. The summed E-state index contributed by atoms with van der Waals surface area (Å²) < 4.78 is 3.12. The van der Waals surface area contributed by atoms with E-state index in [1.54, 1.807) is 6.20 Å². The summed E-state index contributed by atoms with van der Waals surface area (Å²) in [4.78, 5) is 4.18. The van der Waals surface area contributed by atoms with Gasteiger partial charge in [-0.2, -0.15) is 0 Å². The van der Waals surface area contributed by atoms with Crippen molar-refractivity contribution in [3.05, 3.63) is 59.5 Å². The third-order valence-electron chi connectivity index (χ3n) is 2.57. The Morgan fingerprint density at radius 2 is 1.94 bits per heavy atom. The van der Waals surface area contributed by atoms with Crippen LogP contribution in [0.15, 0.2) is 59.5 Å². The number of nitrogens with zero attached hydrogens (tertiary/aromatic N) is 2. The van der Waals surface area contributed by atoms with Crippen LogP contribution in [-0.4, -0.2) is 9.55 Å². The van der Waals surface area contributed by atoms with Crippen molar-refractivity contribution in [1.82, 2.24) is 9.55 Å². The fourth-order valence-corrected chi connectivity index (χ4v) is 2.19. The van der Waals surface area contributed by atoms with Gasteiger partial charge in [0.15, 0.2) is 0 Å². The van der Waals surface area contributed by atoms with Gasteiger partial charge in [-0.15, -0.1) is 0 Å². The molecule has 2 heterocycles. The molecule has 0 spiro atoms. The summed E-state index contributed by atoms with van der Waals surface area (Å²) in [5.41, 5.74) is 2.26. The summed E-state index contributed by atoms with van der Waals surface area (Å²) >= 11 is 3.44. The van der Waals surface area contributed by atoms with Crippen LogP contribution >= 0.6 is 15.9 Å². The van der Waals surface area contributed by atoms with Gasteiger partial charge in [0.05, 0.1) is 17.4 Å². The summed E-state index contributed by atoms with van der Waals surface area (Å²) in [5.74, 6) is 0. The van der Waals surface area contributed by atoms with Crippen molar-refractivity contribution >= 4 is 26.8 Å². The number of benzene rings is 1. The van der Waals surface area contributed by atoms with E-state index in [9.17, 15) is 0 Å². The van der Waals surface area contributed by atoms with Gasteiger partial charge in [0, 0.05) is 16.9 Å². The fourth-order valence-electron chi connectivity index (χ4n) is 1.84. The highest BCUT2D eigenvalue weighted by Crippen LogP contribution is 2.21. The lowest BCUT2D eigenvalue weighted by Crippen LogP contribution is -1.92. The molecule has 2 nitrogen and oxygen atoms in total. The molecule has 0 saturated carbocycles. The van der Waals surface area contributed by atoms with Gasteiger partial charge in [-0.05, 0) is 39.5 Å². The molecule has 0 aliphatic rings. The molecule has 1 aromatic carbocycles. The van der Waals surface area contributed by atoms with Gasteiger partial charge in [0.25, 0.3) is 0 Å². The van der Waals surface area contributed by atoms with Gasteiger partial charge in [0.1, 0.15) is 0 Å². The maximum Gasteiger partial charge on any atom is 0.0650 e. The average molecular weight is 273 g/mol. The first-order valence-corrected chi connectivity index (χ1v) is 5.81. The SMILES string of the molecule is Brc1cncc(-n2ccc3ccccc32)c1. The van der Waals surface area contributed by atoms with Crippen LogP contribution in [0.4, 0.5) is 0 Å². The lowest BCUT2D eigenvalue weighted by atomic mass is 10.2. The highest BCUT2D eigenvalue weighted by Gasteiger charge is 2.02. The molecule has 3 rings (SSSR count). The van der Waals surface area contributed by atoms with E-state index in [1.807, 2.05) is 18.3 Å². The molecule has 16 heavy (non-hydrogen) atoms. The number of hydrogen-bond donors (Lipinski definition) is 0. The first-order chi connectivity index (χ1) is 7.84. The Bertz CT molecular complexity index is 643. The Morgan fingerprint density at radius 1 is 1.06 bits per heavy atom. The minimum Gasteiger partial charge on any atom is -0.315 e. The summed E-state index contributed by atoms with van der Waals surface area (Å²) in [6, 6.07) is 12.5. The molecule has 0 atom stereocenters. The quantitative estimate of drug-likeness (QED) is 0.659. The number of rotatable bonds is 1. The van der Waals surface area contributed by atoms with Crippen LogP contribution in [0.5, 0.6) is 0 Å². The van der Waals surface area contributed by atoms with E-state index in [2.05, 4.69) is 55.9 Å². The van der Waals surface area contributed by atoms with Crippen molar-refractivity contribution < 1.29 is 0 Å². The Balaban J connectivity index is 2.26. The first-order valence-electron chi connectivity index (χ1n) is 5.01. The smallest absolute Gasteiger partial charge is 0.0650 e. The Labute approximate surface area is 102 Å². The van der Waals surface area contributed by atoms with Gasteiger partial charge in [-0.25, -0.2) is 0 Å². The van der Waals surface area contributed by atoms with Crippen molar-refractivity contribution in [2.24, 2.45) is 0 Å². The molecule has 3 aromatic rings. The molecular weight excluding hydrogens is 264 g/mol. The number of para-hydroxylation sites is 1. The van der Waals surface area contributed by atoms with Crippen molar-refractivity contribution in [1.29, 1.82) is 0 Å². The third-order valence-corrected chi connectivity index (χ3v) is 3.00. The second kappa shape index (κ2) is 3.76. The number of halogens is 1. The lowest BCUT2D eigenvalue weighted by molar-refractivity contribution is 1.09. The second-order valence-corrected chi connectivity index (χ2v) is 4.52. The molecule has 2 aromatic heterocycles. The Morgan fingerprint density at radius 3 is 2.81 bits per heavy atom. The van der Waals surface area contributed by atoms with E-state index in [4.69, 9.17) is 0 Å². The van der Waals surface area contributed by atoms with E-state index in [1.165, 1.54) is 10.9 Å². The summed E-state index contributed by atoms with van der Waals surface area (Å²) in [6.45, 7) is 0. The molecule has 0 saturated heterocycles. The molecule has 3 heteroatoms. The minimum absolute atomic E-state index is 0.989. The molecule has 78 valence electrons. The van der Waals surface area contributed by atoms with Crippen molar-refractivity contribution in [3.63, 3.8) is 0 Å². The minimum atomic E-state index is 0.989. The molecule has 0 unspecified atom stereocenters. The molecule has 0 fully saturated rings. The van der Waals surface area contributed by atoms with Crippen LogP contribution in [0, 0.1) is 0 Å². The van der Waals surface area contributed by atoms with Crippen LogP contribution in [0.2, 0.25) is 0 Å². The van der Waals surface area contributed by atoms with Crippen molar-refractivity contribution in [2.75, 3.05) is 0 Å². The molecular formula is C13H9BrN2. The van der Waals surface area contributed by atoms with Gasteiger partial charge < -0.3 is 4.57 Å².